The molecule has 0 bridgehead atoms. The van der Waals surface area contributed by atoms with E-state index in [4.69, 9.17) is 17.0 Å². The molecule has 24 heavy (non-hydrogen) atoms. The van der Waals surface area contributed by atoms with Crippen molar-refractivity contribution >= 4 is 28.9 Å². The van der Waals surface area contributed by atoms with Crippen LogP contribution in [0.15, 0.2) is 48.5 Å². The zero-order valence-electron chi connectivity index (χ0n) is 13.6. The van der Waals surface area contributed by atoms with Crippen molar-refractivity contribution in [3.8, 4) is 11.5 Å². The van der Waals surface area contributed by atoms with Crippen molar-refractivity contribution in [1.29, 1.82) is 0 Å². The molecule has 1 unspecified atom stereocenters. The van der Waals surface area contributed by atoms with Gasteiger partial charge in [0.05, 0.1) is 6.10 Å². The molecule has 0 spiro atoms. The number of thiocarbonyl (C=S) groups is 1. The number of hydrogen-bond donors (Lipinski definition) is 3. The third kappa shape index (κ3) is 5.24. The Balaban J connectivity index is 1.91. The molecule has 0 aliphatic rings. The Morgan fingerprint density at radius 3 is 2.38 bits per heavy atom. The van der Waals surface area contributed by atoms with Crippen LogP contribution in [0.1, 0.15) is 30.6 Å². The first-order valence-corrected chi connectivity index (χ1v) is 8.07. The number of benzene rings is 2. The van der Waals surface area contributed by atoms with Crippen LogP contribution in [0, 0.1) is 0 Å². The van der Waals surface area contributed by atoms with Gasteiger partial charge in [0.2, 0.25) is 0 Å². The maximum absolute atomic E-state index is 12.2. The van der Waals surface area contributed by atoms with Crippen molar-refractivity contribution in [3.05, 3.63) is 54.1 Å². The van der Waals surface area contributed by atoms with Crippen LogP contribution in [0.3, 0.4) is 0 Å². The van der Waals surface area contributed by atoms with Gasteiger partial charge in [-0.25, -0.2) is 0 Å². The van der Waals surface area contributed by atoms with Gasteiger partial charge in [-0.1, -0.05) is 6.92 Å². The fraction of sp³-hybridized carbons (Fsp3) is 0.222. The van der Waals surface area contributed by atoms with Crippen LogP contribution in [0.2, 0.25) is 0 Å². The molecule has 126 valence electrons. The Bertz CT molecular complexity index is 699. The SMILES string of the molecule is CCC(C)Oc1ccc(C(=O)NC(=S)Nc2ccc(O)cc2)cc1. The van der Waals surface area contributed by atoms with E-state index in [9.17, 15) is 9.90 Å². The summed E-state index contributed by atoms with van der Waals surface area (Å²) in [5, 5.41) is 14.9. The predicted molar refractivity (Wildman–Crippen MR) is 98.6 cm³/mol. The maximum atomic E-state index is 12.2. The Hall–Kier alpha value is -2.60. The molecule has 0 aliphatic heterocycles. The van der Waals surface area contributed by atoms with E-state index in [1.54, 1.807) is 36.4 Å². The second kappa shape index (κ2) is 8.31. The summed E-state index contributed by atoms with van der Waals surface area (Å²) in [4.78, 5) is 12.2. The Morgan fingerprint density at radius 2 is 1.79 bits per heavy atom. The zero-order chi connectivity index (χ0) is 17.5. The number of carbonyl (C=O) groups is 1. The normalized spacial score (nSPS) is 11.4. The van der Waals surface area contributed by atoms with Gasteiger partial charge >= 0.3 is 0 Å². The van der Waals surface area contributed by atoms with Gasteiger partial charge in [-0.15, -0.1) is 0 Å². The molecule has 0 saturated heterocycles. The first kappa shape index (κ1) is 17.7. The van der Waals surface area contributed by atoms with E-state index >= 15 is 0 Å². The minimum Gasteiger partial charge on any atom is -0.508 e. The molecule has 2 aromatic carbocycles. The summed E-state index contributed by atoms with van der Waals surface area (Å²) < 4.78 is 5.68. The summed E-state index contributed by atoms with van der Waals surface area (Å²) in [7, 11) is 0. The minimum absolute atomic E-state index is 0.131. The van der Waals surface area contributed by atoms with Crippen molar-refractivity contribution in [3.63, 3.8) is 0 Å². The van der Waals surface area contributed by atoms with Crippen molar-refractivity contribution in [1.82, 2.24) is 5.32 Å². The molecule has 0 fully saturated rings. The molecule has 5 nitrogen and oxygen atoms in total. The highest BCUT2D eigenvalue weighted by atomic mass is 32.1. The summed E-state index contributed by atoms with van der Waals surface area (Å²) in [6.07, 6.45) is 1.05. The summed E-state index contributed by atoms with van der Waals surface area (Å²) in [6, 6.07) is 13.3. The largest absolute Gasteiger partial charge is 0.508 e. The average molecular weight is 344 g/mol. The average Bonchev–Trinajstić information content (AvgIpc) is 2.57. The van der Waals surface area contributed by atoms with Crippen LogP contribution < -0.4 is 15.4 Å². The third-order valence-corrected chi connectivity index (χ3v) is 3.59. The molecule has 0 saturated carbocycles. The molecule has 1 amide bonds. The van der Waals surface area contributed by atoms with E-state index < -0.39 is 0 Å². The van der Waals surface area contributed by atoms with Gasteiger partial charge in [0.25, 0.3) is 5.91 Å². The minimum atomic E-state index is -0.304. The fourth-order valence-electron chi connectivity index (χ4n) is 1.88. The molecule has 3 N–H and O–H groups in total. The number of amides is 1. The van der Waals surface area contributed by atoms with Gasteiger partial charge in [0, 0.05) is 11.3 Å². The predicted octanol–water partition coefficient (Wildman–Crippen LogP) is 3.70. The number of aromatic hydroxyl groups is 1. The second-order valence-corrected chi connectivity index (χ2v) is 5.72. The summed E-state index contributed by atoms with van der Waals surface area (Å²) in [6.45, 7) is 4.04. The van der Waals surface area contributed by atoms with Crippen molar-refractivity contribution in [2.24, 2.45) is 0 Å². The number of rotatable bonds is 5. The lowest BCUT2D eigenvalue weighted by Crippen LogP contribution is -2.34. The highest BCUT2D eigenvalue weighted by Gasteiger charge is 2.09. The molecule has 6 heteroatoms. The summed E-state index contributed by atoms with van der Waals surface area (Å²) in [5.41, 5.74) is 1.16. The quantitative estimate of drug-likeness (QED) is 0.570. The van der Waals surface area contributed by atoms with Gasteiger partial charge in [-0.3, -0.25) is 10.1 Å². The van der Waals surface area contributed by atoms with Crippen molar-refractivity contribution < 1.29 is 14.6 Å². The lowest BCUT2D eigenvalue weighted by Gasteiger charge is -2.13. The molecule has 0 aliphatic carbocycles. The number of phenolic OH excluding ortho intramolecular Hbond substituents is 1. The van der Waals surface area contributed by atoms with Crippen molar-refractivity contribution in [2.45, 2.75) is 26.4 Å². The van der Waals surface area contributed by atoms with Crippen LogP contribution in [-0.4, -0.2) is 22.2 Å². The van der Waals surface area contributed by atoms with Crippen molar-refractivity contribution in [2.75, 3.05) is 5.32 Å². The number of phenols is 1. The van der Waals surface area contributed by atoms with E-state index in [0.29, 0.717) is 11.3 Å². The first-order valence-electron chi connectivity index (χ1n) is 7.66. The molecule has 0 heterocycles. The van der Waals surface area contributed by atoms with E-state index in [-0.39, 0.29) is 22.9 Å². The van der Waals surface area contributed by atoms with Gasteiger partial charge < -0.3 is 15.2 Å². The van der Waals surface area contributed by atoms with Gasteiger partial charge in [0.1, 0.15) is 11.5 Å². The molecule has 2 aromatic rings. The second-order valence-electron chi connectivity index (χ2n) is 5.32. The number of anilines is 1. The molecule has 1 atom stereocenters. The number of nitrogens with one attached hydrogen (secondary N) is 2. The molecule has 0 radical (unpaired) electrons. The van der Waals surface area contributed by atoms with E-state index in [0.717, 1.165) is 12.2 Å². The first-order chi connectivity index (χ1) is 11.5. The lowest BCUT2D eigenvalue weighted by molar-refractivity contribution is 0.0977. The number of carbonyl (C=O) groups excluding carboxylic acids is 1. The Labute approximate surface area is 146 Å². The molecule has 2 rings (SSSR count). The Kier molecular flexibility index (Phi) is 6.14. The van der Waals surface area contributed by atoms with Crippen LogP contribution >= 0.6 is 12.2 Å². The smallest absolute Gasteiger partial charge is 0.257 e. The van der Waals surface area contributed by atoms with Crippen LogP contribution in [0.4, 0.5) is 5.69 Å². The topological polar surface area (TPSA) is 70.6 Å². The number of hydrogen-bond acceptors (Lipinski definition) is 4. The standard InChI is InChI=1S/C18H20N2O3S/c1-3-12(2)23-16-10-4-13(5-11-16)17(22)20-18(24)19-14-6-8-15(21)9-7-14/h4-12,21H,3H2,1-2H3,(H2,19,20,22,24). The fourth-order valence-corrected chi connectivity index (χ4v) is 2.09. The monoisotopic (exact) mass is 344 g/mol. The van der Waals surface area contributed by atoms with Crippen LogP contribution in [0.5, 0.6) is 11.5 Å². The number of ether oxygens (including phenoxy) is 1. The summed E-state index contributed by atoms with van der Waals surface area (Å²) >= 11 is 5.11. The highest BCUT2D eigenvalue weighted by Crippen LogP contribution is 2.15. The Morgan fingerprint density at radius 1 is 1.17 bits per heavy atom. The van der Waals surface area contributed by atoms with Gasteiger partial charge in [-0.05, 0) is 74.1 Å². The molecule has 0 aromatic heterocycles. The van der Waals surface area contributed by atoms with E-state index in [1.165, 1.54) is 12.1 Å². The van der Waals surface area contributed by atoms with Crippen LogP contribution in [-0.2, 0) is 0 Å². The van der Waals surface area contributed by atoms with Crippen LogP contribution in [0.25, 0.3) is 0 Å². The highest BCUT2D eigenvalue weighted by molar-refractivity contribution is 7.80. The van der Waals surface area contributed by atoms with Gasteiger partial charge in [-0.2, -0.15) is 0 Å². The lowest BCUT2D eigenvalue weighted by atomic mass is 10.2. The third-order valence-electron chi connectivity index (χ3n) is 3.38. The summed E-state index contributed by atoms with van der Waals surface area (Å²) in [5.74, 6) is 0.585. The van der Waals surface area contributed by atoms with E-state index in [2.05, 4.69) is 17.6 Å². The van der Waals surface area contributed by atoms with Gasteiger partial charge in [0.15, 0.2) is 5.11 Å². The van der Waals surface area contributed by atoms with E-state index in [1.807, 2.05) is 6.92 Å². The molecular weight excluding hydrogens is 324 g/mol. The molecular formula is C18H20N2O3S. The maximum Gasteiger partial charge on any atom is 0.257 e. The zero-order valence-corrected chi connectivity index (χ0v) is 14.4.